The van der Waals surface area contributed by atoms with Gasteiger partial charge in [0.2, 0.25) is 0 Å². The van der Waals surface area contributed by atoms with Gasteiger partial charge in [-0.25, -0.2) is 0 Å². The molecule has 17 heavy (non-hydrogen) atoms. The van der Waals surface area contributed by atoms with E-state index in [4.69, 9.17) is 10.3 Å². The van der Waals surface area contributed by atoms with Gasteiger partial charge in [-0.1, -0.05) is 23.6 Å². The monoisotopic (exact) mass is 257 g/mol. The average Bonchev–Trinajstić information content (AvgIpc) is 2.85. The molecule has 1 aliphatic carbocycles. The highest BCUT2D eigenvalue weighted by Crippen LogP contribution is 2.35. The van der Waals surface area contributed by atoms with Gasteiger partial charge in [-0.3, -0.25) is 0 Å². The Kier molecular flexibility index (Phi) is 4.33. The molecule has 0 saturated heterocycles. The zero-order chi connectivity index (χ0) is 11.8. The van der Waals surface area contributed by atoms with Crippen LogP contribution in [0.4, 0.5) is 0 Å². The summed E-state index contributed by atoms with van der Waals surface area (Å²) in [5.74, 6) is 1.27. The SMILES string of the molecule is CC(C)=C(C)c1nc(C2(N)CCCC2)no1.Cl. The van der Waals surface area contributed by atoms with Gasteiger partial charge in [0.25, 0.3) is 5.89 Å². The third-order valence-corrected chi connectivity index (χ3v) is 3.44. The lowest BCUT2D eigenvalue weighted by atomic mass is 9.98. The molecule has 4 nitrogen and oxygen atoms in total. The predicted octanol–water partition coefficient (Wildman–Crippen LogP) is 3.03. The molecule has 0 unspecified atom stereocenters. The summed E-state index contributed by atoms with van der Waals surface area (Å²) < 4.78 is 5.27. The molecule has 1 aromatic rings. The van der Waals surface area contributed by atoms with E-state index in [2.05, 4.69) is 10.1 Å². The highest BCUT2D eigenvalue weighted by Gasteiger charge is 2.36. The van der Waals surface area contributed by atoms with Crippen molar-refractivity contribution in [2.45, 2.75) is 52.0 Å². The van der Waals surface area contributed by atoms with Gasteiger partial charge in [-0.2, -0.15) is 4.98 Å². The van der Waals surface area contributed by atoms with Gasteiger partial charge < -0.3 is 10.3 Å². The Morgan fingerprint density at radius 1 is 1.24 bits per heavy atom. The molecule has 1 heterocycles. The Hall–Kier alpha value is -0.870. The summed E-state index contributed by atoms with van der Waals surface area (Å²) >= 11 is 0. The standard InChI is InChI=1S/C12H19N3O.ClH/c1-8(2)9(3)10-14-11(15-16-10)12(13)6-4-5-7-12;/h4-7,13H2,1-3H3;1H. The summed E-state index contributed by atoms with van der Waals surface area (Å²) in [6.45, 7) is 6.06. The van der Waals surface area contributed by atoms with Crippen LogP contribution in [0, 0.1) is 0 Å². The minimum Gasteiger partial charge on any atom is -0.334 e. The second-order valence-corrected chi connectivity index (χ2v) is 4.91. The highest BCUT2D eigenvalue weighted by molar-refractivity contribution is 5.85. The number of allylic oxidation sites excluding steroid dienone is 2. The first kappa shape index (κ1) is 14.2. The summed E-state index contributed by atoms with van der Waals surface area (Å²) in [4.78, 5) is 4.42. The Bertz CT molecular complexity index is 415. The first-order chi connectivity index (χ1) is 7.53. The van der Waals surface area contributed by atoms with Crippen LogP contribution in [0.3, 0.4) is 0 Å². The molecule has 0 radical (unpaired) electrons. The molecule has 2 rings (SSSR count). The van der Waals surface area contributed by atoms with E-state index in [1.807, 2.05) is 20.8 Å². The van der Waals surface area contributed by atoms with Crippen molar-refractivity contribution in [1.82, 2.24) is 10.1 Å². The Labute approximate surface area is 108 Å². The third kappa shape index (κ3) is 2.69. The van der Waals surface area contributed by atoms with Crippen LogP contribution in [0.1, 0.15) is 58.2 Å². The van der Waals surface area contributed by atoms with Gasteiger partial charge in [0.05, 0.1) is 5.54 Å². The van der Waals surface area contributed by atoms with Crippen molar-refractivity contribution in [3.63, 3.8) is 0 Å². The topological polar surface area (TPSA) is 64.9 Å². The second-order valence-electron chi connectivity index (χ2n) is 4.91. The van der Waals surface area contributed by atoms with Crippen LogP contribution in [-0.4, -0.2) is 10.1 Å². The van der Waals surface area contributed by atoms with Crippen LogP contribution in [-0.2, 0) is 5.54 Å². The molecule has 0 aliphatic heterocycles. The van der Waals surface area contributed by atoms with E-state index < -0.39 is 0 Å². The normalized spacial score (nSPS) is 17.6. The Balaban J connectivity index is 0.00000144. The highest BCUT2D eigenvalue weighted by atomic mass is 35.5. The summed E-state index contributed by atoms with van der Waals surface area (Å²) in [7, 11) is 0. The third-order valence-electron chi connectivity index (χ3n) is 3.44. The molecule has 1 aliphatic rings. The lowest BCUT2D eigenvalue weighted by Gasteiger charge is -2.17. The fraction of sp³-hybridized carbons (Fsp3) is 0.667. The van der Waals surface area contributed by atoms with Crippen molar-refractivity contribution in [2.24, 2.45) is 5.73 Å². The Morgan fingerprint density at radius 3 is 2.35 bits per heavy atom. The van der Waals surface area contributed by atoms with Gasteiger partial charge in [-0.05, 0) is 33.6 Å². The minimum atomic E-state index is -0.357. The molecule has 0 spiro atoms. The summed E-state index contributed by atoms with van der Waals surface area (Å²) in [5, 5.41) is 4.03. The van der Waals surface area contributed by atoms with Crippen molar-refractivity contribution in [3.05, 3.63) is 17.3 Å². The maximum atomic E-state index is 6.27. The van der Waals surface area contributed by atoms with Crippen LogP contribution < -0.4 is 5.73 Å². The first-order valence-corrected chi connectivity index (χ1v) is 5.80. The van der Waals surface area contributed by atoms with Gasteiger partial charge in [-0.15, -0.1) is 12.4 Å². The van der Waals surface area contributed by atoms with Crippen LogP contribution in [0.15, 0.2) is 10.1 Å². The molecule has 0 atom stereocenters. The van der Waals surface area contributed by atoms with E-state index in [0.29, 0.717) is 11.7 Å². The molecule has 5 heteroatoms. The van der Waals surface area contributed by atoms with E-state index in [0.717, 1.165) is 31.3 Å². The van der Waals surface area contributed by atoms with Gasteiger partial charge in [0, 0.05) is 5.57 Å². The largest absolute Gasteiger partial charge is 0.334 e. The van der Waals surface area contributed by atoms with Crippen LogP contribution in [0.5, 0.6) is 0 Å². The molecule has 2 N–H and O–H groups in total. The molecule has 0 amide bonds. The van der Waals surface area contributed by atoms with Gasteiger partial charge in [0.1, 0.15) is 0 Å². The number of rotatable bonds is 2. The molecule has 1 saturated carbocycles. The number of hydrogen-bond donors (Lipinski definition) is 1. The zero-order valence-electron chi connectivity index (χ0n) is 10.6. The van der Waals surface area contributed by atoms with E-state index in [1.165, 1.54) is 5.57 Å². The van der Waals surface area contributed by atoms with Crippen LogP contribution >= 0.6 is 12.4 Å². The average molecular weight is 258 g/mol. The van der Waals surface area contributed by atoms with E-state index in [9.17, 15) is 0 Å². The number of nitrogens with two attached hydrogens (primary N) is 1. The fourth-order valence-electron chi connectivity index (χ4n) is 2.02. The molecule has 1 fully saturated rings. The maximum absolute atomic E-state index is 6.27. The minimum absolute atomic E-state index is 0. The number of nitrogens with zero attached hydrogens (tertiary/aromatic N) is 2. The predicted molar refractivity (Wildman–Crippen MR) is 69.8 cm³/mol. The van der Waals surface area contributed by atoms with Crippen molar-refractivity contribution in [3.8, 4) is 0 Å². The van der Waals surface area contributed by atoms with Crippen molar-refractivity contribution in [1.29, 1.82) is 0 Å². The lowest BCUT2D eigenvalue weighted by molar-refractivity contribution is 0.363. The molecule has 1 aromatic heterocycles. The van der Waals surface area contributed by atoms with Crippen LogP contribution in [0.25, 0.3) is 5.57 Å². The van der Waals surface area contributed by atoms with E-state index in [-0.39, 0.29) is 17.9 Å². The molecule has 0 aromatic carbocycles. The maximum Gasteiger partial charge on any atom is 0.253 e. The summed E-state index contributed by atoms with van der Waals surface area (Å²) in [6.07, 6.45) is 4.23. The number of hydrogen-bond acceptors (Lipinski definition) is 4. The first-order valence-electron chi connectivity index (χ1n) is 5.80. The quantitative estimate of drug-likeness (QED) is 0.884. The van der Waals surface area contributed by atoms with Crippen molar-refractivity contribution in [2.75, 3.05) is 0 Å². The number of halogens is 1. The molecule has 0 bridgehead atoms. The van der Waals surface area contributed by atoms with Gasteiger partial charge >= 0.3 is 0 Å². The lowest BCUT2D eigenvalue weighted by Crippen LogP contribution is -2.34. The van der Waals surface area contributed by atoms with Crippen LogP contribution in [0.2, 0.25) is 0 Å². The molecular weight excluding hydrogens is 238 g/mol. The summed E-state index contributed by atoms with van der Waals surface area (Å²) in [5.41, 5.74) is 8.14. The van der Waals surface area contributed by atoms with Crippen molar-refractivity contribution < 1.29 is 4.52 Å². The second kappa shape index (κ2) is 5.19. The van der Waals surface area contributed by atoms with Gasteiger partial charge in [0.15, 0.2) is 5.82 Å². The summed E-state index contributed by atoms with van der Waals surface area (Å²) in [6, 6.07) is 0. The van der Waals surface area contributed by atoms with E-state index >= 15 is 0 Å². The van der Waals surface area contributed by atoms with Crippen molar-refractivity contribution >= 4 is 18.0 Å². The molecule has 96 valence electrons. The Morgan fingerprint density at radius 2 is 1.82 bits per heavy atom. The zero-order valence-corrected chi connectivity index (χ0v) is 11.4. The molecular formula is C12H20ClN3O. The van der Waals surface area contributed by atoms with E-state index in [1.54, 1.807) is 0 Å². The number of aromatic nitrogens is 2. The fourth-order valence-corrected chi connectivity index (χ4v) is 2.02. The smallest absolute Gasteiger partial charge is 0.253 e.